The molecule has 5 amide bonds. The molecule has 1 aliphatic heterocycles. The number of benzene rings is 1. The fourth-order valence-corrected chi connectivity index (χ4v) is 3.80. The second kappa shape index (κ2) is 11.1. The number of para-hydroxylation sites is 1. The van der Waals surface area contributed by atoms with Gasteiger partial charge in [-0.25, -0.2) is 29.1 Å². The highest BCUT2D eigenvalue weighted by Crippen LogP contribution is 2.32. The molecular weight excluding hydrogens is 508 g/mol. The normalized spacial score (nSPS) is 17.1. The molecule has 2 aromatic rings. The maximum absolute atomic E-state index is 12.9. The molecule has 2 unspecified atom stereocenters. The van der Waals surface area contributed by atoms with Crippen molar-refractivity contribution in [2.75, 3.05) is 10.2 Å². The van der Waals surface area contributed by atoms with E-state index in [0.717, 1.165) is 0 Å². The first-order valence-corrected chi connectivity index (χ1v) is 12.2. The highest BCUT2D eigenvalue weighted by Gasteiger charge is 2.54. The first-order valence-electron chi connectivity index (χ1n) is 12.2. The predicted octanol–water partition coefficient (Wildman–Crippen LogP) is 4.44. The van der Waals surface area contributed by atoms with Crippen molar-refractivity contribution in [2.45, 2.75) is 65.2 Å². The van der Waals surface area contributed by atoms with Gasteiger partial charge in [0.1, 0.15) is 17.0 Å². The molecule has 12 nitrogen and oxygen atoms in total. The molecule has 3 rings (SSSR count). The van der Waals surface area contributed by atoms with Gasteiger partial charge in [0.25, 0.3) is 0 Å². The van der Waals surface area contributed by atoms with Crippen molar-refractivity contribution in [3.63, 3.8) is 0 Å². The van der Waals surface area contributed by atoms with Crippen molar-refractivity contribution in [1.29, 1.82) is 0 Å². The standard InChI is InChI=1S/C27H32N4O8/c1-26(2,3)38-24(36)30(25(37)39-27(4,5)6)19-15-16(12-13-28-19)14-18-20(22(33)34)31(21(18)32)23(35)29-17-10-8-7-9-11-17/h7-13,15,18,20H,14H2,1-6H3,(H,29,35)(H,33,34). The molecule has 208 valence electrons. The van der Waals surface area contributed by atoms with Crippen LogP contribution in [-0.4, -0.2) is 62.3 Å². The number of hydrogen-bond donors (Lipinski definition) is 2. The first kappa shape index (κ1) is 29.1. The second-order valence-corrected chi connectivity index (χ2v) is 10.9. The van der Waals surface area contributed by atoms with Crippen LogP contribution in [0.3, 0.4) is 0 Å². The minimum absolute atomic E-state index is 0.0864. The summed E-state index contributed by atoms with van der Waals surface area (Å²) in [6, 6.07) is 8.95. The van der Waals surface area contributed by atoms with Crippen LogP contribution >= 0.6 is 0 Å². The number of rotatable bonds is 5. The summed E-state index contributed by atoms with van der Waals surface area (Å²) in [6.45, 7) is 9.81. The third kappa shape index (κ3) is 7.30. The van der Waals surface area contributed by atoms with Crippen LogP contribution in [-0.2, 0) is 25.5 Å². The third-order valence-corrected chi connectivity index (χ3v) is 5.36. The van der Waals surface area contributed by atoms with Crippen LogP contribution in [0.2, 0.25) is 0 Å². The number of carboxylic acids is 1. The number of hydrogen-bond acceptors (Lipinski definition) is 8. The molecule has 0 aliphatic carbocycles. The monoisotopic (exact) mass is 540 g/mol. The Hall–Kier alpha value is -4.48. The lowest BCUT2D eigenvalue weighted by atomic mass is 9.82. The van der Waals surface area contributed by atoms with E-state index >= 15 is 0 Å². The Morgan fingerprint density at radius 3 is 2.05 bits per heavy atom. The summed E-state index contributed by atoms with van der Waals surface area (Å²) in [7, 11) is 0. The van der Waals surface area contributed by atoms with Gasteiger partial charge in [0.15, 0.2) is 6.04 Å². The van der Waals surface area contributed by atoms with E-state index in [0.29, 0.717) is 21.1 Å². The summed E-state index contributed by atoms with van der Waals surface area (Å²) in [4.78, 5) is 68.8. The molecule has 12 heteroatoms. The lowest BCUT2D eigenvalue weighted by Crippen LogP contribution is -2.67. The van der Waals surface area contributed by atoms with Gasteiger partial charge in [0.2, 0.25) is 5.91 Å². The van der Waals surface area contributed by atoms with Crippen LogP contribution in [0.25, 0.3) is 0 Å². The zero-order valence-electron chi connectivity index (χ0n) is 22.6. The number of nitrogens with one attached hydrogen (secondary N) is 1. The molecule has 1 aliphatic rings. The number of amides is 5. The summed E-state index contributed by atoms with van der Waals surface area (Å²) in [5, 5.41) is 12.3. The molecule has 1 fully saturated rings. The number of carbonyl (C=O) groups excluding carboxylic acids is 4. The van der Waals surface area contributed by atoms with Gasteiger partial charge in [-0.3, -0.25) is 4.79 Å². The molecule has 0 spiro atoms. The average Bonchev–Trinajstić information content (AvgIpc) is 2.79. The van der Waals surface area contributed by atoms with Gasteiger partial charge in [0, 0.05) is 11.9 Å². The number of carboxylic acid groups (broad SMARTS) is 1. The number of β-lactam (4-membered cyclic amide) rings is 1. The van der Waals surface area contributed by atoms with Gasteiger partial charge in [-0.2, -0.15) is 4.90 Å². The van der Waals surface area contributed by atoms with Crippen LogP contribution in [0.4, 0.5) is 25.9 Å². The SMILES string of the molecule is CC(C)(C)OC(=O)N(C(=O)OC(C)(C)C)c1cc(CC2C(=O)N(C(=O)Nc3ccccc3)C2C(=O)O)ccn1. The summed E-state index contributed by atoms with van der Waals surface area (Å²) in [5.74, 6) is -3.21. The molecule has 0 radical (unpaired) electrons. The van der Waals surface area contributed by atoms with Crippen LogP contribution in [0.1, 0.15) is 47.1 Å². The van der Waals surface area contributed by atoms with E-state index in [1.807, 2.05) is 0 Å². The number of aromatic nitrogens is 1. The Labute approximate surface area is 225 Å². The summed E-state index contributed by atoms with van der Waals surface area (Å²) in [5.41, 5.74) is -1.03. The van der Waals surface area contributed by atoms with Crippen molar-refractivity contribution < 1.29 is 38.6 Å². The Bertz CT molecular complexity index is 1240. The van der Waals surface area contributed by atoms with Gasteiger partial charge in [-0.05, 0) is 77.8 Å². The number of anilines is 2. The number of urea groups is 1. The highest BCUT2D eigenvalue weighted by molar-refractivity contribution is 6.11. The number of aliphatic carboxylic acids is 1. The van der Waals surface area contributed by atoms with E-state index in [2.05, 4.69) is 10.3 Å². The van der Waals surface area contributed by atoms with E-state index in [-0.39, 0.29) is 12.2 Å². The lowest BCUT2D eigenvalue weighted by Gasteiger charge is -2.42. The van der Waals surface area contributed by atoms with Crippen molar-refractivity contribution in [3.05, 3.63) is 54.2 Å². The Morgan fingerprint density at radius 2 is 1.54 bits per heavy atom. The summed E-state index contributed by atoms with van der Waals surface area (Å²) < 4.78 is 10.7. The van der Waals surface area contributed by atoms with Gasteiger partial charge < -0.3 is 19.9 Å². The van der Waals surface area contributed by atoms with E-state index in [1.165, 1.54) is 18.3 Å². The van der Waals surface area contributed by atoms with Crippen molar-refractivity contribution in [2.24, 2.45) is 5.92 Å². The van der Waals surface area contributed by atoms with Gasteiger partial charge in [0.05, 0.1) is 5.92 Å². The van der Waals surface area contributed by atoms with Gasteiger partial charge >= 0.3 is 24.2 Å². The average molecular weight is 541 g/mol. The van der Waals surface area contributed by atoms with Crippen molar-refractivity contribution in [3.8, 4) is 0 Å². The maximum Gasteiger partial charge on any atom is 0.425 e. The fourth-order valence-electron chi connectivity index (χ4n) is 3.80. The quantitative estimate of drug-likeness (QED) is 0.523. The Kier molecular flexibility index (Phi) is 8.27. The van der Waals surface area contributed by atoms with E-state index in [1.54, 1.807) is 71.9 Å². The molecule has 39 heavy (non-hydrogen) atoms. The van der Waals surface area contributed by atoms with Crippen LogP contribution in [0.5, 0.6) is 0 Å². The number of pyridine rings is 1. The Morgan fingerprint density at radius 1 is 0.974 bits per heavy atom. The van der Waals surface area contributed by atoms with Crippen molar-refractivity contribution in [1.82, 2.24) is 9.88 Å². The van der Waals surface area contributed by atoms with Crippen LogP contribution in [0.15, 0.2) is 48.7 Å². The largest absolute Gasteiger partial charge is 0.480 e. The molecule has 2 atom stereocenters. The lowest BCUT2D eigenvalue weighted by molar-refractivity contribution is -0.165. The van der Waals surface area contributed by atoms with Crippen LogP contribution < -0.4 is 10.2 Å². The number of carbonyl (C=O) groups is 5. The zero-order chi connectivity index (χ0) is 29.1. The van der Waals surface area contributed by atoms with E-state index < -0.39 is 53.3 Å². The Balaban J connectivity index is 1.84. The molecule has 0 saturated carbocycles. The zero-order valence-corrected chi connectivity index (χ0v) is 22.6. The first-order chi connectivity index (χ1) is 18.1. The van der Waals surface area contributed by atoms with E-state index in [4.69, 9.17) is 9.47 Å². The molecule has 1 aromatic carbocycles. The molecule has 1 saturated heterocycles. The molecule has 0 bridgehead atoms. The number of nitrogens with zero attached hydrogens (tertiary/aromatic N) is 3. The minimum Gasteiger partial charge on any atom is -0.480 e. The third-order valence-electron chi connectivity index (χ3n) is 5.36. The molecule has 2 heterocycles. The van der Waals surface area contributed by atoms with Crippen molar-refractivity contribution >= 4 is 41.6 Å². The smallest absolute Gasteiger partial charge is 0.425 e. The van der Waals surface area contributed by atoms with Gasteiger partial charge in [-0.15, -0.1) is 0 Å². The second-order valence-electron chi connectivity index (χ2n) is 10.9. The minimum atomic E-state index is -1.41. The number of imide groups is 2. The molecule has 2 N–H and O–H groups in total. The molecular formula is C27H32N4O8. The number of likely N-dealkylation sites (tertiary alicyclic amines) is 1. The number of ether oxygens (including phenoxy) is 2. The fraction of sp³-hybridized carbons (Fsp3) is 0.407. The summed E-state index contributed by atoms with van der Waals surface area (Å²) >= 11 is 0. The topological polar surface area (TPSA) is 155 Å². The van der Waals surface area contributed by atoms with Crippen LogP contribution in [0, 0.1) is 5.92 Å². The molecule has 1 aromatic heterocycles. The predicted molar refractivity (Wildman–Crippen MR) is 140 cm³/mol. The highest BCUT2D eigenvalue weighted by atomic mass is 16.6. The summed E-state index contributed by atoms with van der Waals surface area (Å²) in [6.07, 6.45) is -0.816. The van der Waals surface area contributed by atoms with Gasteiger partial charge in [-0.1, -0.05) is 18.2 Å². The van der Waals surface area contributed by atoms with E-state index in [9.17, 15) is 29.1 Å². The maximum atomic E-state index is 12.9.